The number of carbonyl (C=O) groups is 1. The fraction of sp³-hybridized carbons (Fsp3) is 0.0714. The van der Waals surface area contributed by atoms with E-state index in [0.717, 1.165) is 0 Å². The van der Waals surface area contributed by atoms with Crippen molar-refractivity contribution < 1.29 is 13.9 Å². The Morgan fingerprint density at radius 2 is 1.90 bits per heavy atom. The Kier molecular flexibility index (Phi) is 4.17. The highest BCUT2D eigenvalue weighted by Crippen LogP contribution is 2.25. The number of methoxy groups -OCH3 is 1. The van der Waals surface area contributed by atoms with E-state index in [2.05, 4.69) is 10.7 Å². The lowest BCUT2D eigenvalue weighted by molar-refractivity contribution is 0.102. The number of hydrogen-bond donors (Lipinski definition) is 3. The van der Waals surface area contributed by atoms with E-state index >= 15 is 0 Å². The molecule has 0 unspecified atom stereocenters. The molecule has 2 rings (SSSR count). The number of nitrogen functional groups attached to an aromatic ring is 1. The van der Waals surface area contributed by atoms with Crippen LogP contribution < -0.4 is 21.3 Å². The number of anilines is 2. The molecule has 2 aromatic carbocycles. The second-order valence-corrected chi connectivity index (χ2v) is 4.02. The molecular formula is C14H14FN3O2. The Morgan fingerprint density at radius 1 is 1.20 bits per heavy atom. The summed E-state index contributed by atoms with van der Waals surface area (Å²) in [4.78, 5) is 12.1. The third-order valence-corrected chi connectivity index (χ3v) is 2.73. The van der Waals surface area contributed by atoms with Gasteiger partial charge in [-0.25, -0.2) is 4.39 Å². The molecule has 20 heavy (non-hydrogen) atoms. The third-order valence-electron chi connectivity index (χ3n) is 2.73. The van der Waals surface area contributed by atoms with Crippen LogP contribution in [0.25, 0.3) is 0 Å². The number of halogens is 1. The molecule has 0 aromatic heterocycles. The van der Waals surface area contributed by atoms with Gasteiger partial charge in [-0.15, -0.1) is 0 Å². The Labute approximate surface area is 115 Å². The van der Waals surface area contributed by atoms with Crippen LogP contribution in [0, 0.1) is 5.82 Å². The predicted molar refractivity (Wildman–Crippen MR) is 75.2 cm³/mol. The molecule has 0 aliphatic carbocycles. The summed E-state index contributed by atoms with van der Waals surface area (Å²) in [6, 6.07) is 10.5. The van der Waals surface area contributed by atoms with E-state index in [1.54, 1.807) is 24.3 Å². The summed E-state index contributed by atoms with van der Waals surface area (Å²) < 4.78 is 18.1. The second kappa shape index (κ2) is 6.03. The molecule has 4 N–H and O–H groups in total. The fourth-order valence-corrected chi connectivity index (χ4v) is 1.68. The summed E-state index contributed by atoms with van der Waals surface area (Å²) in [6.45, 7) is 0. The van der Waals surface area contributed by atoms with Crippen molar-refractivity contribution in [3.63, 3.8) is 0 Å². The van der Waals surface area contributed by atoms with Crippen molar-refractivity contribution in [1.29, 1.82) is 0 Å². The SMILES string of the molecule is COc1cc(F)ccc1NC(=O)c1ccc(NN)cc1. The summed E-state index contributed by atoms with van der Waals surface area (Å²) in [6.07, 6.45) is 0. The minimum Gasteiger partial charge on any atom is -0.494 e. The first-order valence-electron chi connectivity index (χ1n) is 5.85. The fourth-order valence-electron chi connectivity index (χ4n) is 1.68. The lowest BCUT2D eigenvalue weighted by Crippen LogP contribution is -2.13. The summed E-state index contributed by atoms with van der Waals surface area (Å²) in [7, 11) is 1.41. The largest absolute Gasteiger partial charge is 0.494 e. The minimum atomic E-state index is -0.432. The van der Waals surface area contributed by atoms with E-state index in [1.807, 2.05) is 0 Å². The van der Waals surface area contributed by atoms with Crippen LogP contribution in [0.3, 0.4) is 0 Å². The highest BCUT2D eigenvalue weighted by atomic mass is 19.1. The van der Waals surface area contributed by atoms with Gasteiger partial charge >= 0.3 is 0 Å². The number of nitrogens with one attached hydrogen (secondary N) is 2. The second-order valence-electron chi connectivity index (χ2n) is 4.02. The van der Waals surface area contributed by atoms with Crippen molar-refractivity contribution in [1.82, 2.24) is 0 Å². The van der Waals surface area contributed by atoms with Crippen LogP contribution in [-0.2, 0) is 0 Å². The van der Waals surface area contributed by atoms with Crippen LogP contribution in [0.1, 0.15) is 10.4 Å². The van der Waals surface area contributed by atoms with Gasteiger partial charge in [-0.2, -0.15) is 0 Å². The van der Waals surface area contributed by atoms with Gasteiger partial charge in [-0.3, -0.25) is 10.6 Å². The zero-order chi connectivity index (χ0) is 14.5. The Morgan fingerprint density at radius 3 is 2.50 bits per heavy atom. The zero-order valence-electron chi connectivity index (χ0n) is 10.8. The number of carbonyl (C=O) groups excluding carboxylic acids is 1. The van der Waals surface area contributed by atoms with Crippen LogP contribution in [0.15, 0.2) is 42.5 Å². The van der Waals surface area contributed by atoms with E-state index in [0.29, 0.717) is 16.9 Å². The van der Waals surface area contributed by atoms with E-state index in [1.165, 1.54) is 25.3 Å². The molecule has 0 atom stereocenters. The molecule has 104 valence electrons. The molecule has 2 aromatic rings. The monoisotopic (exact) mass is 275 g/mol. The van der Waals surface area contributed by atoms with Gasteiger partial charge in [0, 0.05) is 17.3 Å². The van der Waals surface area contributed by atoms with Gasteiger partial charge in [0.2, 0.25) is 0 Å². The standard InChI is InChI=1S/C14H14FN3O2/c1-20-13-8-10(15)4-7-12(13)17-14(19)9-2-5-11(18-16)6-3-9/h2-8,18H,16H2,1H3,(H,17,19). The number of hydrogen-bond acceptors (Lipinski definition) is 4. The molecule has 5 nitrogen and oxygen atoms in total. The smallest absolute Gasteiger partial charge is 0.255 e. The molecule has 0 bridgehead atoms. The number of amides is 1. The number of rotatable bonds is 4. The summed E-state index contributed by atoms with van der Waals surface area (Å²) in [5.74, 6) is 4.76. The highest BCUT2D eigenvalue weighted by molar-refractivity contribution is 6.05. The molecule has 0 saturated carbocycles. The molecule has 0 saturated heterocycles. The summed E-state index contributed by atoms with van der Waals surface area (Å²) in [5.41, 5.74) is 4.03. The van der Waals surface area contributed by atoms with E-state index in [4.69, 9.17) is 10.6 Å². The van der Waals surface area contributed by atoms with E-state index in [-0.39, 0.29) is 11.7 Å². The first-order chi connectivity index (χ1) is 9.63. The Bertz CT molecular complexity index is 614. The van der Waals surface area contributed by atoms with Crippen molar-refractivity contribution in [2.75, 3.05) is 17.9 Å². The van der Waals surface area contributed by atoms with Gasteiger partial charge in [0.1, 0.15) is 11.6 Å². The summed E-state index contributed by atoms with van der Waals surface area (Å²) in [5, 5.41) is 2.66. The van der Waals surface area contributed by atoms with Crippen molar-refractivity contribution in [3.8, 4) is 5.75 Å². The number of nitrogens with two attached hydrogens (primary N) is 1. The quantitative estimate of drug-likeness (QED) is 0.591. The Hall–Kier alpha value is -2.60. The normalized spacial score (nSPS) is 9.95. The summed E-state index contributed by atoms with van der Waals surface area (Å²) >= 11 is 0. The molecule has 0 radical (unpaired) electrons. The molecule has 0 aliphatic rings. The molecule has 0 spiro atoms. The number of ether oxygens (including phenoxy) is 1. The third kappa shape index (κ3) is 3.04. The van der Waals surface area contributed by atoms with Crippen LogP contribution in [-0.4, -0.2) is 13.0 Å². The number of hydrazine groups is 1. The van der Waals surface area contributed by atoms with Crippen molar-refractivity contribution in [2.24, 2.45) is 5.84 Å². The maximum absolute atomic E-state index is 13.1. The Balaban J connectivity index is 2.18. The maximum Gasteiger partial charge on any atom is 0.255 e. The van der Waals surface area contributed by atoms with Gasteiger partial charge < -0.3 is 15.5 Å². The lowest BCUT2D eigenvalue weighted by Gasteiger charge is -2.10. The van der Waals surface area contributed by atoms with E-state index in [9.17, 15) is 9.18 Å². The van der Waals surface area contributed by atoms with Crippen LogP contribution in [0.2, 0.25) is 0 Å². The molecule has 0 aliphatic heterocycles. The van der Waals surface area contributed by atoms with Gasteiger partial charge in [-0.1, -0.05) is 0 Å². The van der Waals surface area contributed by atoms with Crippen LogP contribution in [0.5, 0.6) is 5.75 Å². The van der Waals surface area contributed by atoms with Crippen molar-refractivity contribution >= 4 is 17.3 Å². The first-order valence-corrected chi connectivity index (χ1v) is 5.85. The zero-order valence-corrected chi connectivity index (χ0v) is 10.8. The minimum absolute atomic E-state index is 0.263. The van der Waals surface area contributed by atoms with Crippen LogP contribution in [0.4, 0.5) is 15.8 Å². The van der Waals surface area contributed by atoms with Gasteiger partial charge in [0.25, 0.3) is 5.91 Å². The molecular weight excluding hydrogens is 261 g/mol. The van der Waals surface area contributed by atoms with Gasteiger partial charge in [0.15, 0.2) is 0 Å². The average molecular weight is 275 g/mol. The molecule has 0 fully saturated rings. The average Bonchev–Trinajstić information content (AvgIpc) is 2.49. The van der Waals surface area contributed by atoms with Gasteiger partial charge in [0.05, 0.1) is 12.8 Å². The molecule has 0 heterocycles. The molecule has 6 heteroatoms. The number of benzene rings is 2. The maximum atomic E-state index is 13.1. The predicted octanol–water partition coefficient (Wildman–Crippen LogP) is 2.37. The topological polar surface area (TPSA) is 76.4 Å². The highest BCUT2D eigenvalue weighted by Gasteiger charge is 2.10. The molecule has 1 amide bonds. The van der Waals surface area contributed by atoms with E-state index < -0.39 is 5.82 Å². The lowest BCUT2D eigenvalue weighted by atomic mass is 10.2. The van der Waals surface area contributed by atoms with Crippen molar-refractivity contribution in [2.45, 2.75) is 0 Å². The van der Waals surface area contributed by atoms with Crippen molar-refractivity contribution in [3.05, 3.63) is 53.8 Å². The van der Waals surface area contributed by atoms with Crippen LogP contribution >= 0.6 is 0 Å². The van der Waals surface area contributed by atoms with Gasteiger partial charge in [-0.05, 0) is 36.4 Å². The first kappa shape index (κ1) is 13.8.